The third-order valence-electron chi connectivity index (χ3n) is 3.56. The molecule has 0 saturated carbocycles. The fourth-order valence-electron chi connectivity index (χ4n) is 2.33. The summed E-state index contributed by atoms with van der Waals surface area (Å²) < 4.78 is 22.8. The van der Waals surface area contributed by atoms with E-state index in [4.69, 9.17) is 0 Å². The van der Waals surface area contributed by atoms with Crippen LogP contribution in [0.15, 0.2) is 24.3 Å². The van der Waals surface area contributed by atoms with Crippen molar-refractivity contribution in [1.29, 1.82) is 0 Å². The number of nitrogens with one attached hydrogen (secondary N) is 2. The van der Waals surface area contributed by atoms with Crippen LogP contribution >= 0.6 is 0 Å². The van der Waals surface area contributed by atoms with Crippen molar-refractivity contribution in [3.8, 4) is 0 Å². The van der Waals surface area contributed by atoms with E-state index in [2.05, 4.69) is 10.6 Å². The van der Waals surface area contributed by atoms with Crippen LogP contribution in [0, 0.1) is 0 Å². The zero-order valence-corrected chi connectivity index (χ0v) is 12.4. The maximum atomic E-state index is 11.5. The molecule has 2 rings (SSSR count). The third kappa shape index (κ3) is 3.96. The summed E-state index contributed by atoms with van der Waals surface area (Å²) in [6, 6.07) is 7.81. The first-order valence-electron chi connectivity index (χ1n) is 6.75. The van der Waals surface area contributed by atoms with Crippen molar-refractivity contribution in [2.45, 2.75) is 25.3 Å². The number of carbonyl (C=O) groups excluding carboxylic acids is 1. The van der Waals surface area contributed by atoms with Gasteiger partial charge in [0, 0.05) is 18.8 Å². The highest BCUT2D eigenvalue weighted by atomic mass is 32.2. The van der Waals surface area contributed by atoms with Gasteiger partial charge in [-0.25, -0.2) is 8.42 Å². The molecule has 110 valence electrons. The molecule has 0 unspecified atom stereocenters. The normalized spacial score (nSPS) is 18.4. The van der Waals surface area contributed by atoms with Crippen molar-refractivity contribution < 1.29 is 13.2 Å². The van der Waals surface area contributed by atoms with E-state index in [0.717, 1.165) is 11.3 Å². The van der Waals surface area contributed by atoms with Gasteiger partial charge in [-0.1, -0.05) is 18.2 Å². The number of likely N-dealkylation sites (N-methyl/N-ethyl adjacent to an activating group) is 1. The van der Waals surface area contributed by atoms with Crippen molar-refractivity contribution >= 4 is 21.4 Å². The molecule has 0 bridgehead atoms. The number of amides is 1. The number of carbonyl (C=O) groups is 1. The van der Waals surface area contributed by atoms with Crippen LogP contribution < -0.4 is 10.6 Å². The first-order chi connectivity index (χ1) is 9.50. The molecular formula is C14H20N2O3S. The Morgan fingerprint density at radius 3 is 2.55 bits per heavy atom. The first kappa shape index (κ1) is 14.8. The molecule has 1 saturated heterocycles. The number of benzene rings is 1. The van der Waals surface area contributed by atoms with Crippen LogP contribution in [-0.4, -0.2) is 38.9 Å². The van der Waals surface area contributed by atoms with E-state index >= 15 is 0 Å². The van der Waals surface area contributed by atoms with E-state index in [1.165, 1.54) is 0 Å². The van der Waals surface area contributed by atoms with Crippen LogP contribution in [-0.2, 0) is 21.1 Å². The number of para-hydroxylation sites is 1. The molecule has 2 N–H and O–H groups in total. The standard InChI is InChI=1S/C14H20N2O3S/c1-15-14(17)10-11-4-2-3-5-13(11)16-12-6-8-20(18,19)9-7-12/h2-5,12,16H,6-10H2,1H3,(H,15,17). The summed E-state index contributed by atoms with van der Waals surface area (Å²) >= 11 is 0. The van der Waals surface area contributed by atoms with Crippen LogP contribution in [0.3, 0.4) is 0 Å². The molecule has 1 amide bonds. The molecule has 1 heterocycles. The van der Waals surface area contributed by atoms with Gasteiger partial charge in [0.1, 0.15) is 9.84 Å². The Bertz CT molecular complexity index is 570. The summed E-state index contributed by atoms with van der Waals surface area (Å²) in [5.74, 6) is 0.440. The minimum atomic E-state index is -2.85. The van der Waals surface area contributed by atoms with Crippen molar-refractivity contribution in [3.63, 3.8) is 0 Å². The lowest BCUT2D eigenvalue weighted by atomic mass is 10.1. The summed E-state index contributed by atoms with van der Waals surface area (Å²) in [6.45, 7) is 0. The predicted molar refractivity (Wildman–Crippen MR) is 79.5 cm³/mol. The molecule has 1 aromatic rings. The van der Waals surface area contributed by atoms with Gasteiger partial charge in [0.25, 0.3) is 0 Å². The van der Waals surface area contributed by atoms with Crippen LogP contribution in [0.4, 0.5) is 5.69 Å². The summed E-state index contributed by atoms with van der Waals surface area (Å²) in [5.41, 5.74) is 1.85. The summed E-state index contributed by atoms with van der Waals surface area (Å²) in [4.78, 5) is 11.5. The Hall–Kier alpha value is -1.56. The fraction of sp³-hybridized carbons (Fsp3) is 0.500. The van der Waals surface area contributed by atoms with Crippen LogP contribution in [0.25, 0.3) is 0 Å². The Morgan fingerprint density at radius 1 is 1.25 bits per heavy atom. The van der Waals surface area contributed by atoms with E-state index in [1.807, 2.05) is 24.3 Å². The Balaban J connectivity index is 2.04. The van der Waals surface area contributed by atoms with E-state index in [-0.39, 0.29) is 23.5 Å². The zero-order valence-electron chi connectivity index (χ0n) is 11.6. The van der Waals surface area contributed by atoms with Crippen molar-refractivity contribution in [1.82, 2.24) is 5.32 Å². The third-order valence-corrected chi connectivity index (χ3v) is 5.28. The van der Waals surface area contributed by atoms with Gasteiger partial charge >= 0.3 is 0 Å². The highest BCUT2D eigenvalue weighted by molar-refractivity contribution is 7.91. The van der Waals surface area contributed by atoms with Gasteiger partial charge in [-0.2, -0.15) is 0 Å². The van der Waals surface area contributed by atoms with Gasteiger partial charge < -0.3 is 10.6 Å². The molecule has 5 nitrogen and oxygen atoms in total. The quantitative estimate of drug-likeness (QED) is 0.868. The Morgan fingerprint density at radius 2 is 1.90 bits per heavy atom. The van der Waals surface area contributed by atoms with Gasteiger partial charge in [-0.05, 0) is 24.5 Å². The number of hydrogen-bond acceptors (Lipinski definition) is 4. The van der Waals surface area contributed by atoms with Crippen molar-refractivity contribution in [3.05, 3.63) is 29.8 Å². The lowest BCUT2D eigenvalue weighted by Crippen LogP contribution is -2.32. The number of rotatable bonds is 4. The number of anilines is 1. The molecule has 1 aliphatic heterocycles. The SMILES string of the molecule is CNC(=O)Cc1ccccc1NC1CCS(=O)(=O)CC1. The Labute approximate surface area is 119 Å². The monoisotopic (exact) mass is 296 g/mol. The van der Waals surface area contributed by atoms with E-state index < -0.39 is 9.84 Å². The van der Waals surface area contributed by atoms with E-state index in [0.29, 0.717) is 19.3 Å². The van der Waals surface area contributed by atoms with Gasteiger partial charge in [0.15, 0.2) is 0 Å². The first-order valence-corrected chi connectivity index (χ1v) is 8.58. The largest absolute Gasteiger partial charge is 0.382 e. The van der Waals surface area contributed by atoms with Crippen LogP contribution in [0.1, 0.15) is 18.4 Å². The van der Waals surface area contributed by atoms with Crippen LogP contribution in [0.2, 0.25) is 0 Å². The predicted octanol–water partition coefficient (Wildman–Crippen LogP) is 0.964. The summed E-state index contributed by atoms with van der Waals surface area (Å²) in [7, 11) is -1.23. The lowest BCUT2D eigenvalue weighted by molar-refractivity contribution is -0.119. The molecule has 1 aromatic carbocycles. The van der Waals surface area contributed by atoms with Crippen molar-refractivity contribution in [2.75, 3.05) is 23.9 Å². The molecule has 0 radical (unpaired) electrons. The van der Waals surface area contributed by atoms with Crippen molar-refractivity contribution in [2.24, 2.45) is 0 Å². The summed E-state index contributed by atoms with van der Waals surface area (Å²) in [6.07, 6.45) is 1.57. The molecule has 6 heteroatoms. The van der Waals surface area contributed by atoms with Gasteiger partial charge in [-0.3, -0.25) is 4.79 Å². The molecule has 1 fully saturated rings. The van der Waals surface area contributed by atoms with E-state index in [1.54, 1.807) is 7.05 Å². The second-order valence-electron chi connectivity index (χ2n) is 5.08. The van der Waals surface area contributed by atoms with Crippen LogP contribution in [0.5, 0.6) is 0 Å². The smallest absolute Gasteiger partial charge is 0.224 e. The molecule has 0 spiro atoms. The maximum absolute atomic E-state index is 11.5. The molecule has 20 heavy (non-hydrogen) atoms. The molecule has 0 aromatic heterocycles. The maximum Gasteiger partial charge on any atom is 0.224 e. The molecule has 0 atom stereocenters. The minimum absolute atomic E-state index is 0.0366. The molecule has 0 aliphatic carbocycles. The van der Waals surface area contributed by atoms with Gasteiger partial charge in [0.2, 0.25) is 5.91 Å². The summed E-state index contributed by atoms with van der Waals surface area (Å²) in [5, 5.41) is 5.98. The van der Waals surface area contributed by atoms with Gasteiger partial charge in [-0.15, -0.1) is 0 Å². The highest BCUT2D eigenvalue weighted by Crippen LogP contribution is 2.21. The number of hydrogen-bond donors (Lipinski definition) is 2. The minimum Gasteiger partial charge on any atom is -0.382 e. The van der Waals surface area contributed by atoms with Gasteiger partial charge in [0.05, 0.1) is 17.9 Å². The average Bonchev–Trinajstić information content (AvgIpc) is 2.43. The number of sulfone groups is 1. The second kappa shape index (κ2) is 6.26. The fourth-order valence-corrected chi connectivity index (χ4v) is 3.82. The Kier molecular flexibility index (Phi) is 4.65. The molecule has 1 aliphatic rings. The topological polar surface area (TPSA) is 75.3 Å². The average molecular weight is 296 g/mol. The highest BCUT2D eigenvalue weighted by Gasteiger charge is 2.23. The molecular weight excluding hydrogens is 276 g/mol. The second-order valence-corrected chi connectivity index (χ2v) is 7.38. The lowest BCUT2D eigenvalue weighted by Gasteiger charge is -2.25. The zero-order chi connectivity index (χ0) is 14.6. The van der Waals surface area contributed by atoms with E-state index in [9.17, 15) is 13.2 Å².